The smallest absolute Gasteiger partial charge is 0.254 e. The number of H-pyrrole nitrogens is 1. The van der Waals surface area contributed by atoms with Crippen molar-refractivity contribution in [3.05, 3.63) is 70.9 Å². The number of para-hydroxylation sites is 2. The number of nitrogens with zero attached hydrogens (tertiary/aromatic N) is 2. The predicted octanol–water partition coefficient (Wildman–Crippen LogP) is 2.14. The lowest BCUT2D eigenvalue weighted by molar-refractivity contribution is -0.117. The Balaban J connectivity index is 1.39. The minimum atomic E-state index is -0.371. The van der Waals surface area contributed by atoms with Crippen LogP contribution in [0.15, 0.2) is 54.4 Å². The van der Waals surface area contributed by atoms with Crippen molar-refractivity contribution in [2.24, 2.45) is 0 Å². The highest BCUT2D eigenvalue weighted by atomic mass is 35.5. The molecular formula is C20H22ClN7O. The van der Waals surface area contributed by atoms with Crippen molar-refractivity contribution in [2.45, 2.75) is 13.1 Å². The minimum Gasteiger partial charge on any atom is -0.389 e. The van der Waals surface area contributed by atoms with Crippen molar-refractivity contribution < 1.29 is 4.79 Å². The van der Waals surface area contributed by atoms with Crippen molar-refractivity contribution in [2.75, 3.05) is 13.1 Å². The number of hydrogen-bond acceptors (Lipinski definition) is 6. The van der Waals surface area contributed by atoms with Crippen LogP contribution in [0, 0.1) is 5.41 Å². The average molecular weight is 412 g/mol. The van der Waals surface area contributed by atoms with Crippen molar-refractivity contribution >= 4 is 34.8 Å². The summed E-state index contributed by atoms with van der Waals surface area (Å²) in [5.74, 6) is 0.499. The Hall–Kier alpha value is -3.23. The van der Waals surface area contributed by atoms with Gasteiger partial charge in [0.15, 0.2) is 0 Å². The number of amides is 1. The van der Waals surface area contributed by atoms with Gasteiger partial charge in [-0.25, -0.2) is 4.98 Å². The third-order valence-electron chi connectivity index (χ3n) is 4.10. The van der Waals surface area contributed by atoms with Gasteiger partial charge in [-0.1, -0.05) is 23.7 Å². The Kier molecular flexibility index (Phi) is 7.32. The van der Waals surface area contributed by atoms with Crippen LogP contribution in [0.1, 0.15) is 11.5 Å². The number of aromatic amines is 1. The summed E-state index contributed by atoms with van der Waals surface area (Å²) >= 11 is 6.02. The lowest BCUT2D eigenvalue weighted by Crippen LogP contribution is -2.28. The molecule has 9 heteroatoms. The number of carbonyl (C=O) groups excluding carboxylic acids is 1. The number of imidazole rings is 1. The molecule has 0 saturated heterocycles. The summed E-state index contributed by atoms with van der Waals surface area (Å²) in [5.41, 5.74) is 2.75. The highest BCUT2D eigenvalue weighted by Crippen LogP contribution is 2.11. The minimum absolute atomic E-state index is 0.197. The molecule has 5 N–H and O–H groups in total. The van der Waals surface area contributed by atoms with Gasteiger partial charge in [0.2, 0.25) is 0 Å². The standard InChI is InChI=1S/C20H22ClN7O/c21-15-4-3-7-25-18(15)12-26-20(29)14(10-22)11-23-8-9-24-13-19-27-16-5-1-2-6-17(16)28-19/h1-7,10-11,22-24H,8-9,12-13H2,(H,26,29)(H,27,28)/b14-11+,22-10?. The maximum absolute atomic E-state index is 12.2. The van der Waals surface area contributed by atoms with E-state index in [4.69, 9.17) is 17.0 Å². The predicted molar refractivity (Wildman–Crippen MR) is 114 cm³/mol. The summed E-state index contributed by atoms with van der Waals surface area (Å²) < 4.78 is 0. The fraction of sp³-hybridized carbons (Fsp3) is 0.200. The van der Waals surface area contributed by atoms with Gasteiger partial charge < -0.3 is 26.3 Å². The Labute approximate surface area is 173 Å². The fourth-order valence-electron chi connectivity index (χ4n) is 2.63. The molecule has 0 fully saturated rings. The molecule has 0 radical (unpaired) electrons. The summed E-state index contributed by atoms with van der Waals surface area (Å²) in [6.07, 6.45) is 4.13. The molecule has 0 bridgehead atoms. The van der Waals surface area contributed by atoms with Crippen LogP contribution in [0.5, 0.6) is 0 Å². The van der Waals surface area contributed by atoms with Crippen LogP contribution < -0.4 is 16.0 Å². The molecule has 0 spiro atoms. The molecule has 2 heterocycles. The number of aromatic nitrogens is 3. The van der Waals surface area contributed by atoms with E-state index in [1.807, 2.05) is 24.3 Å². The fourth-order valence-corrected chi connectivity index (χ4v) is 2.81. The molecule has 0 saturated carbocycles. The van der Waals surface area contributed by atoms with E-state index in [9.17, 15) is 4.79 Å². The topological polar surface area (TPSA) is 119 Å². The summed E-state index contributed by atoms with van der Waals surface area (Å²) in [7, 11) is 0. The molecule has 0 aliphatic rings. The van der Waals surface area contributed by atoms with E-state index in [-0.39, 0.29) is 18.0 Å². The van der Waals surface area contributed by atoms with E-state index in [0.29, 0.717) is 30.4 Å². The van der Waals surface area contributed by atoms with Gasteiger partial charge in [0.05, 0.1) is 40.4 Å². The molecule has 150 valence electrons. The first-order chi connectivity index (χ1) is 14.2. The van der Waals surface area contributed by atoms with Crippen molar-refractivity contribution in [1.82, 2.24) is 30.9 Å². The van der Waals surface area contributed by atoms with Gasteiger partial charge in [0.25, 0.3) is 5.91 Å². The Bertz CT molecular complexity index is 982. The van der Waals surface area contributed by atoms with Gasteiger partial charge in [-0.3, -0.25) is 9.78 Å². The largest absolute Gasteiger partial charge is 0.389 e. The first-order valence-corrected chi connectivity index (χ1v) is 9.51. The van der Waals surface area contributed by atoms with Crippen molar-refractivity contribution in [3.63, 3.8) is 0 Å². The van der Waals surface area contributed by atoms with E-state index in [1.165, 1.54) is 6.20 Å². The molecule has 2 aromatic heterocycles. The van der Waals surface area contributed by atoms with Crippen molar-refractivity contribution in [3.8, 4) is 0 Å². The third kappa shape index (κ3) is 5.87. The Morgan fingerprint density at radius 3 is 2.83 bits per heavy atom. The van der Waals surface area contributed by atoms with E-state index >= 15 is 0 Å². The molecule has 0 aliphatic heterocycles. The van der Waals surface area contributed by atoms with Crippen LogP contribution >= 0.6 is 11.6 Å². The van der Waals surface area contributed by atoms with Crippen LogP contribution in [-0.4, -0.2) is 40.2 Å². The number of pyridine rings is 1. The second-order valence-corrected chi connectivity index (χ2v) is 6.60. The zero-order chi connectivity index (χ0) is 20.5. The number of fused-ring (bicyclic) bond motifs is 1. The number of nitrogens with one attached hydrogen (secondary N) is 5. The molecule has 3 rings (SSSR count). The Morgan fingerprint density at radius 2 is 2.03 bits per heavy atom. The zero-order valence-electron chi connectivity index (χ0n) is 15.7. The SMILES string of the molecule is N=C/C(=C\NCCNCc1nc2ccccc2[nH]1)C(=O)NCc1ncccc1Cl. The van der Waals surface area contributed by atoms with Gasteiger partial charge in [-0.15, -0.1) is 0 Å². The summed E-state index contributed by atoms with van der Waals surface area (Å²) in [4.78, 5) is 24.1. The monoisotopic (exact) mass is 411 g/mol. The molecule has 0 atom stereocenters. The molecule has 0 aliphatic carbocycles. The molecule has 1 aromatic carbocycles. The zero-order valence-corrected chi connectivity index (χ0v) is 16.5. The summed E-state index contributed by atoms with van der Waals surface area (Å²) in [5, 5.41) is 16.9. The van der Waals surface area contributed by atoms with Gasteiger partial charge in [-0.05, 0) is 24.3 Å². The number of halogens is 1. The maximum atomic E-state index is 12.2. The molecule has 29 heavy (non-hydrogen) atoms. The second-order valence-electron chi connectivity index (χ2n) is 6.19. The van der Waals surface area contributed by atoms with Crippen molar-refractivity contribution in [1.29, 1.82) is 5.41 Å². The number of carbonyl (C=O) groups is 1. The van der Waals surface area contributed by atoms with Gasteiger partial charge >= 0.3 is 0 Å². The molecule has 8 nitrogen and oxygen atoms in total. The first-order valence-electron chi connectivity index (χ1n) is 9.13. The average Bonchev–Trinajstić information content (AvgIpc) is 3.15. The quantitative estimate of drug-likeness (QED) is 0.199. The third-order valence-corrected chi connectivity index (χ3v) is 4.45. The normalized spacial score (nSPS) is 11.4. The van der Waals surface area contributed by atoms with Gasteiger partial charge in [0.1, 0.15) is 5.82 Å². The number of rotatable bonds is 10. The van der Waals surface area contributed by atoms with Crippen LogP contribution in [0.3, 0.4) is 0 Å². The highest BCUT2D eigenvalue weighted by molar-refractivity contribution is 6.31. The molecule has 1 amide bonds. The molecule has 3 aromatic rings. The number of benzene rings is 1. The second kappa shape index (κ2) is 10.4. The van der Waals surface area contributed by atoms with E-state index in [1.54, 1.807) is 18.3 Å². The lowest BCUT2D eigenvalue weighted by atomic mass is 10.2. The number of hydrogen-bond donors (Lipinski definition) is 5. The maximum Gasteiger partial charge on any atom is 0.254 e. The lowest BCUT2D eigenvalue weighted by Gasteiger charge is -2.07. The first kappa shape index (κ1) is 20.5. The summed E-state index contributed by atoms with van der Waals surface area (Å²) in [6, 6.07) is 11.3. The van der Waals surface area contributed by atoms with Gasteiger partial charge in [0, 0.05) is 31.7 Å². The van der Waals surface area contributed by atoms with Crippen LogP contribution in [-0.2, 0) is 17.9 Å². The van der Waals surface area contributed by atoms with E-state index < -0.39 is 0 Å². The van der Waals surface area contributed by atoms with Crippen LogP contribution in [0.2, 0.25) is 5.02 Å². The van der Waals surface area contributed by atoms with E-state index in [0.717, 1.165) is 23.1 Å². The summed E-state index contributed by atoms with van der Waals surface area (Å²) in [6.45, 7) is 2.08. The molecule has 0 unspecified atom stereocenters. The van der Waals surface area contributed by atoms with Crippen LogP contribution in [0.4, 0.5) is 0 Å². The Morgan fingerprint density at radius 1 is 1.17 bits per heavy atom. The van der Waals surface area contributed by atoms with Gasteiger partial charge in [-0.2, -0.15) is 0 Å². The van der Waals surface area contributed by atoms with E-state index in [2.05, 4.69) is 30.9 Å². The van der Waals surface area contributed by atoms with Crippen LogP contribution in [0.25, 0.3) is 11.0 Å². The highest BCUT2D eigenvalue weighted by Gasteiger charge is 2.08. The molecular weight excluding hydrogens is 390 g/mol.